The Hall–Kier alpha value is -0.570. The van der Waals surface area contributed by atoms with Crippen LogP contribution < -0.4 is 0 Å². The molecule has 0 spiro atoms. The van der Waals surface area contributed by atoms with Crippen molar-refractivity contribution in [2.24, 2.45) is 11.8 Å². The van der Waals surface area contributed by atoms with Crippen LogP contribution in [0.4, 0.5) is 0 Å². The standard InChI is InChI=1S/C13H25N.C3H6O2/c1-11(2)10-12-6-7-13(12)14-8-4-3-5-9-14;1-2-5-3-4/h11-13H,3-10H2,1-2H3;3H,2H2,1H3. The first-order valence-electron chi connectivity index (χ1n) is 7.98. The molecule has 1 aliphatic heterocycles. The maximum absolute atomic E-state index is 9.18. The zero-order chi connectivity index (χ0) is 14.1. The van der Waals surface area contributed by atoms with Gasteiger partial charge in [-0.2, -0.15) is 0 Å². The van der Waals surface area contributed by atoms with Crippen LogP contribution in [0.5, 0.6) is 0 Å². The fourth-order valence-electron chi connectivity index (χ4n) is 3.23. The minimum absolute atomic E-state index is 0.431. The van der Waals surface area contributed by atoms with E-state index in [2.05, 4.69) is 23.5 Å². The maximum Gasteiger partial charge on any atom is 0.293 e. The number of likely N-dealkylation sites (tertiary alicyclic amines) is 1. The van der Waals surface area contributed by atoms with Crippen LogP contribution in [0.15, 0.2) is 0 Å². The Bertz CT molecular complexity index is 237. The van der Waals surface area contributed by atoms with E-state index in [0.29, 0.717) is 13.1 Å². The molecule has 1 aliphatic carbocycles. The number of rotatable bonds is 5. The summed E-state index contributed by atoms with van der Waals surface area (Å²) in [7, 11) is 0. The Balaban J connectivity index is 0.000000312. The molecule has 0 bridgehead atoms. The SMILES string of the molecule is CC(C)CC1CCC1N1CCCCC1.CCOC=O. The fraction of sp³-hybridized carbons (Fsp3) is 0.938. The van der Waals surface area contributed by atoms with Crippen molar-refractivity contribution in [3.8, 4) is 0 Å². The van der Waals surface area contributed by atoms with E-state index in [1.165, 1.54) is 51.6 Å². The molecule has 0 N–H and O–H groups in total. The summed E-state index contributed by atoms with van der Waals surface area (Å²) in [5.41, 5.74) is 0. The van der Waals surface area contributed by atoms with Crippen molar-refractivity contribution < 1.29 is 9.53 Å². The van der Waals surface area contributed by atoms with E-state index >= 15 is 0 Å². The van der Waals surface area contributed by atoms with Gasteiger partial charge in [0, 0.05) is 6.04 Å². The highest BCUT2D eigenvalue weighted by Crippen LogP contribution is 2.37. The summed E-state index contributed by atoms with van der Waals surface area (Å²) in [5, 5.41) is 0. The molecule has 1 saturated heterocycles. The first kappa shape index (κ1) is 16.5. The van der Waals surface area contributed by atoms with Crippen LogP contribution in [0.25, 0.3) is 0 Å². The van der Waals surface area contributed by atoms with Gasteiger partial charge in [-0.05, 0) is 64.0 Å². The molecule has 0 aromatic rings. The third-order valence-corrected chi connectivity index (χ3v) is 4.25. The summed E-state index contributed by atoms with van der Waals surface area (Å²) in [6, 6.07) is 0.970. The summed E-state index contributed by atoms with van der Waals surface area (Å²) in [4.78, 5) is 12.0. The smallest absolute Gasteiger partial charge is 0.293 e. The summed E-state index contributed by atoms with van der Waals surface area (Å²) >= 11 is 0. The van der Waals surface area contributed by atoms with Crippen molar-refractivity contribution in [1.29, 1.82) is 0 Å². The number of piperidine rings is 1. The van der Waals surface area contributed by atoms with Gasteiger partial charge in [0.05, 0.1) is 6.61 Å². The van der Waals surface area contributed by atoms with E-state index in [4.69, 9.17) is 0 Å². The second-order valence-corrected chi connectivity index (χ2v) is 6.18. The number of nitrogens with zero attached hydrogens (tertiary/aromatic N) is 1. The number of carbonyl (C=O) groups excluding carboxylic acids is 1. The van der Waals surface area contributed by atoms with Crippen molar-refractivity contribution in [3.63, 3.8) is 0 Å². The van der Waals surface area contributed by atoms with Gasteiger partial charge in [-0.25, -0.2) is 0 Å². The highest BCUT2D eigenvalue weighted by Gasteiger charge is 2.35. The lowest BCUT2D eigenvalue weighted by Crippen LogP contribution is -2.49. The molecule has 2 fully saturated rings. The minimum atomic E-state index is 0.431. The molecule has 3 heteroatoms. The number of ether oxygens (including phenoxy) is 1. The lowest BCUT2D eigenvalue weighted by atomic mass is 9.73. The van der Waals surface area contributed by atoms with Crippen molar-refractivity contribution in [2.75, 3.05) is 19.7 Å². The quantitative estimate of drug-likeness (QED) is 0.716. The Morgan fingerprint density at radius 1 is 1.21 bits per heavy atom. The summed E-state index contributed by atoms with van der Waals surface area (Å²) in [6.07, 6.45) is 8.81. The molecular formula is C16H31NO2. The van der Waals surface area contributed by atoms with Crippen molar-refractivity contribution >= 4 is 6.47 Å². The molecule has 0 radical (unpaired) electrons. The predicted octanol–water partition coefficient (Wildman–Crippen LogP) is 3.48. The molecule has 112 valence electrons. The molecule has 19 heavy (non-hydrogen) atoms. The summed E-state index contributed by atoms with van der Waals surface area (Å²) in [6.45, 7) is 10.2. The van der Waals surface area contributed by atoms with Crippen molar-refractivity contribution in [2.45, 2.75) is 65.3 Å². The minimum Gasteiger partial charge on any atom is -0.468 e. The van der Waals surface area contributed by atoms with Crippen LogP contribution in [0.1, 0.15) is 59.3 Å². The molecular weight excluding hydrogens is 238 g/mol. The normalized spacial score (nSPS) is 27.2. The highest BCUT2D eigenvalue weighted by atomic mass is 16.5. The third kappa shape index (κ3) is 5.94. The Morgan fingerprint density at radius 2 is 1.89 bits per heavy atom. The Morgan fingerprint density at radius 3 is 2.26 bits per heavy atom. The third-order valence-electron chi connectivity index (χ3n) is 4.25. The molecule has 1 heterocycles. The number of hydrogen-bond acceptors (Lipinski definition) is 3. The Kier molecular flexibility index (Phi) is 8.11. The van der Waals surface area contributed by atoms with Gasteiger partial charge in [-0.1, -0.05) is 20.3 Å². The lowest BCUT2D eigenvalue weighted by Gasteiger charge is -2.46. The maximum atomic E-state index is 9.18. The van der Waals surface area contributed by atoms with Crippen LogP contribution in [0.3, 0.4) is 0 Å². The summed E-state index contributed by atoms with van der Waals surface area (Å²) in [5.74, 6) is 1.93. The van der Waals surface area contributed by atoms with E-state index in [1.807, 2.05) is 0 Å². The van der Waals surface area contributed by atoms with Crippen LogP contribution in [0, 0.1) is 11.8 Å². The molecule has 2 aliphatic rings. The predicted molar refractivity (Wildman–Crippen MR) is 79.1 cm³/mol. The van der Waals surface area contributed by atoms with Crippen LogP contribution in [0.2, 0.25) is 0 Å². The van der Waals surface area contributed by atoms with Crippen molar-refractivity contribution in [3.05, 3.63) is 0 Å². The van der Waals surface area contributed by atoms with E-state index in [0.717, 1.165) is 17.9 Å². The number of hydrogen-bond donors (Lipinski definition) is 0. The molecule has 3 nitrogen and oxygen atoms in total. The lowest BCUT2D eigenvalue weighted by molar-refractivity contribution is -0.128. The van der Waals surface area contributed by atoms with Gasteiger partial charge < -0.3 is 9.64 Å². The molecule has 0 aromatic carbocycles. The van der Waals surface area contributed by atoms with E-state index < -0.39 is 0 Å². The van der Waals surface area contributed by atoms with Gasteiger partial charge in [-0.15, -0.1) is 0 Å². The van der Waals surface area contributed by atoms with E-state index in [9.17, 15) is 4.79 Å². The largest absolute Gasteiger partial charge is 0.468 e. The molecule has 2 rings (SSSR count). The van der Waals surface area contributed by atoms with Crippen molar-refractivity contribution in [1.82, 2.24) is 4.90 Å². The second-order valence-electron chi connectivity index (χ2n) is 6.18. The molecule has 0 aromatic heterocycles. The van der Waals surface area contributed by atoms with Crippen LogP contribution >= 0.6 is 0 Å². The topological polar surface area (TPSA) is 29.5 Å². The highest BCUT2D eigenvalue weighted by molar-refractivity contribution is 5.36. The first-order valence-corrected chi connectivity index (χ1v) is 7.98. The monoisotopic (exact) mass is 269 g/mol. The van der Waals surface area contributed by atoms with Gasteiger partial charge in [0.1, 0.15) is 0 Å². The van der Waals surface area contributed by atoms with Crippen LogP contribution in [-0.4, -0.2) is 37.1 Å². The molecule has 2 atom stereocenters. The van der Waals surface area contributed by atoms with Gasteiger partial charge in [0.2, 0.25) is 0 Å². The molecule has 0 amide bonds. The Labute approximate surface area is 118 Å². The van der Waals surface area contributed by atoms with Gasteiger partial charge in [0.25, 0.3) is 6.47 Å². The second kappa shape index (κ2) is 9.35. The number of carbonyl (C=O) groups is 1. The molecule has 2 unspecified atom stereocenters. The zero-order valence-electron chi connectivity index (χ0n) is 12.9. The summed E-state index contributed by atoms with van der Waals surface area (Å²) < 4.78 is 4.15. The van der Waals surface area contributed by atoms with Gasteiger partial charge >= 0.3 is 0 Å². The van der Waals surface area contributed by atoms with Gasteiger partial charge in [0.15, 0.2) is 0 Å². The average Bonchev–Trinajstić information content (AvgIpc) is 2.38. The van der Waals surface area contributed by atoms with Crippen LogP contribution in [-0.2, 0) is 9.53 Å². The fourth-order valence-corrected chi connectivity index (χ4v) is 3.23. The zero-order valence-corrected chi connectivity index (χ0v) is 12.9. The van der Waals surface area contributed by atoms with E-state index in [1.54, 1.807) is 6.92 Å². The molecule has 1 saturated carbocycles. The van der Waals surface area contributed by atoms with E-state index in [-0.39, 0.29) is 0 Å². The van der Waals surface area contributed by atoms with Gasteiger partial charge in [-0.3, -0.25) is 4.79 Å². The first-order chi connectivity index (χ1) is 9.19. The average molecular weight is 269 g/mol.